The number of methoxy groups -OCH3 is 1. The molecule has 0 bridgehead atoms. The summed E-state index contributed by atoms with van der Waals surface area (Å²) in [4.78, 5) is 0. The Labute approximate surface area is 169 Å². The summed E-state index contributed by atoms with van der Waals surface area (Å²) >= 11 is 6.37. The highest BCUT2D eigenvalue weighted by Crippen LogP contribution is 2.34. The van der Waals surface area contributed by atoms with Gasteiger partial charge in [0.1, 0.15) is 30.5 Å². The SMILES string of the molecule is C#Cc1ccc(Cc2cc([C@@H]3O[C@H](COC)[C@@H](O)[C@H](O)[C@H]3O)ccc2Cl)cc1. The van der Waals surface area contributed by atoms with Crippen LogP contribution < -0.4 is 0 Å². The summed E-state index contributed by atoms with van der Waals surface area (Å²) in [7, 11) is 1.48. The van der Waals surface area contributed by atoms with Crippen LogP contribution in [-0.2, 0) is 15.9 Å². The third kappa shape index (κ3) is 4.39. The van der Waals surface area contributed by atoms with Gasteiger partial charge >= 0.3 is 0 Å². The fourth-order valence-electron chi connectivity index (χ4n) is 3.37. The number of rotatable bonds is 5. The van der Waals surface area contributed by atoms with Crippen LogP contribution in [0.3, 0.4) is 0 Å². The van der Waals surface area contributed by atoms with Crippen molar-refractivity contribution in [2.75, 3.05) is 13.7 Å². The molecular formula is C22H23ClO5. The van der Waals surface area contributed by atoms with E-state index in [4.69, 9.17) is 27.5 Å². The zero-order valence-corrected chi connectivity index (χ0v) is 16.2. The molecule has 2 aromatic carbocycles. The van der Waals surface area contributed by atoms with Crippen molar-refractivity contribution >= 4 is 11.6 Å². The van der Waals surface area contributed by atoms with Crippen LogP contribution in [0.25, 0.3) is 0 Å². The highest BCUT2D eigenvalue weighted by molar-refractivity contribution is 6.31. The summed E-state index contributed by atoms with van der Waals surface area (Å²) < 4.78 is 10.9. The number of aliphatic hydroxyl groups excluding tert-OH is 3. The molecule has 1 fully saturated rings. The molecule has 0 unspecified atom stereocenters. The van der Waals surface area contributed by atoms with E-state index in [2.05, 4.69) is 5.92 Å². The van der Waals surface area contributed by atoms with Crippen LogP contribution in [0.2, 0.25) is 5.02 Å². The molecule has 0 aliphatic carbocycles. The number of halogens is 1. The number of aliphatic hydroxyl groups is 3. The Morgan fingerprint density at radius 1 is 1.07 bits per heavy atom. The average Bonchev–Trinajstić information content (AvgIpc) is 2.71. The number of ether oxygens (including phenoxy) is 2. The third-order valence-corrected chi connectivity index (χ3v) is 5.33. The minimum atomic E-state index is -1.34. The van der Waals surface area contributed by atoms with Gasteiger partial charge in [0.2, 0.25) is 0 Å². The van der Waals surface area contributed by atoms with Gasteiger partial charge in [0.05, 0.1) is 6.61 Å². The van der Waals surface area contributed by atoms with Crippen LogP contribution >= 0.6 is 11.6 Å². The Bertz CT molecular complexity index is 845. The smallest absolute Gasteiger partial charge is 0.113 e. The molecule has 0 amide bonds. The molecule has 5 atom stereocenters. The number of hydrogen-bond donors (Lipinski definition) is 3. The van der Waals surface area contributed by atoms with Crippen LogP contribution in [-0.4, -0.2) is 53.5 Å². The molecule has 0 saturated carbocycles. The quantitative estimate of drug-likeness (QED) is 0.667. The van der Waals surface area contributed by atoms with E-state index in [1.165, 1.54) is 7.11 Å². The highest BCUT2D eigenvalue weighted by Gasteiger charge is 2.44. The first-order chi connectivity index (χ1) is 13.4. The molecule has 5 nitrogen and oxygen atoms in total. The Balaban J connectivity index is 1.86. The van der Waals surface area contributed by atoms with Gasteiger partial charge in [0.25, 0.3) is 0 Å². The van der Waals surface area contributed by atoms with Crippen LogP contribution in [0.1, 0.15) is 28.4 Å². The summed E-state index contributed by atoms with van der Waals surface area (Å²) in [6.07, 6.45) is 0.574. The summed E-state index contributed by atoms with van der Waals surface area (Å²) in [5.41, 5.74) is 3.36. The van der Waals surface area contributed by atoms with Gasteiger partial charge in [-0.05, 0) is 41.3 Å². The van der Waals surface area contributed by atoms with Gasteiger partial charge in [0, 0.05) is 17.7 Å². The second kappa shape index (κ2) is 9.06. The number of hydrogen-bond acceptors (Lipinski definition) is 5. The lowest BCUT2D eigenvalue weighted by atomic mass is 9.90. The van der Waals surface area contributed by atoms with Crippen LogP contribution in [0.4, 0.5) is 0 Å². The third-order valence-electron chi connectivity index (χ3n) is 4.96. The molecule has 1 aliphatic rings. The van der Waals surface area contributed by atoms with Crippen LogP contribution in [0, 0.1) is 12.3 Å². The maximum atomic E-state index is 10.4. The van der Waals surface area contributed by atoms with Gasteiger partial charge < -0.3 is 24.8 Å². The zero-order chi connectivity index (χ0) is 20.3. The molecule has 3 rings (SSSR count). The van der Waals surface area contributed by atoms with E-state index in [0.717, 1.165) is 16.7 Å². The molecule has 1 saturated heterocycles. The Kier molecular flexibility index (Phi) is 6.73. The van der Waals surface area contributed by atoms with Crippen LogP contribution in [0.5, 0.6) is 0 Å². The second-order valence-corrected chi connectivity index (χ2v) is 7.30. The molecule has 0 aromatic heterocycles. The predicted molar refractivity (Wildman–Crippen MR) is 106 cm³/mol. The van der Waals surface area contributed by atoms with Crippen molar-refractivity contribution in [3.63, 3.8) is 0 Å². The lowest BCUT2D eigenvalue weighted by molar-refractivity contribution is -0.233. The maximum Gasteiger partial charge on any atom is 0.113 e. The van der Waals surface area contributed by atoms with E-state index in [-0.39, 0.29) is 6.61 Å². The van der Waals surface area contributed by atoms with Crippen molar-refractivity contribution in [2.24, 2.45) is 0 Å². The fraction of sp³-hybridized carbons (Fsp3) is 0.364. The molecule has 0 radical (unpaired) electrons. The second-order valence-electron chi connectivity index (χ2n) is 6.89. The lowest BCUT2D eigenvalue weighted by Crippen LogP contribution is -2.55. The van der Waals surface area contributed by atoms with Gasteiger partial charge in [-0.25, -0.2) is 0 Å². The van der Waals surface area contributed by atoms with Crippen molar-refractivity contribution in [3.05, 3.63) is 69.7 Å². The first kappa shape index (κ1) is 20.8. The van der Waals surface area contributed by atoms with Crippen molar-refractivity contribution in [1.29, 1.82) is 0 Å². The summed E-state index contributed by atoms with van der Waals surface area (Å²) in [5, 5.41) is 31.3. The van der Waals surface area contributed by atoms with Crippen LogP contribution in [0.15, 0.2) is 42.5 Å². The standard InChI is InChI=1S/C22H23ClO5/c1-3-13-4-6-14(7-5-13)10-16-11-15(8-9-17(16)23)22-21(26)20(25)19(24)18(28-22)12-27-2/h1,4-9,11,18-22,24-26H,10,12H2,2H3/t18-,19-,20+,21-,22+/m1/s1. The van der Waals surface area contributed by atoms with Gasteiger partial charge in [0.15, 0.2) is 0 Å². The van der Waals surface area contributed by atoms with Gasteiger partial charge in [-0.2, -0.15) is 0 Å². The van der Waals surface area contributed by atoms with E-state index < -0.39 is 30.5 Å². The normalized spacial score (nSPS) is 27.4. The predicted octanol–water partition coefficient (Wildman–Crippen LogP) is 2.08. The molecule has 6 heteroatoms. The lowest BCUT2D eigenvalue weighted by Gasteiger charge is -2.40. The number of benzene rings is 2. The van der Waals surface area contributed by atoms with E-state index in [1.54, 1.807) is 12.1 Å². The molecule has 1 aliphatic heterocycles. The van der Waals surface area contributed by atoms with Gasteiger partial charge in [-0.15, -0.1) is 6.42 Å². The molecule has 2 aromatic rings. The fourth-order valence-corrected chi connectivity index (χ4v) is 3.56. The monoisotopic (exact) mass is 402 g/mol. The number of terminal acetylenes is 1. The summed E-state index contributed by atoms with van der Waals surface area (Å²) in [5.74, 6) is 2.58. The van der Waals surface area contributed by atoms with Crippen molar-refractivity contribution in [3.8, 4) is 12.3 Å². The summed E-state index contributed by atoms with van der Waals surface area (Å²) in [6.45, 7) is 0.101. The minimum absolute atomic E-state index is 0.101. The van der Waals surface area contributed by atoms with Crippen molar-refractivity contribution < 1.29 is 24.8 Å². The van der Waals surface area contributed by atoms with Gasteiger partial charge in [-0.3, -0.25) is 0 Å². The Hall–Kier alpha value is -1.91. The van der Waals surface area contributed by atoms with E-state index in [9.17, 15) is 15.3 Å². The van der Waals surface area contributed by atoms with E-state index in [0.29, 0.717) is 17.0 Å². The molecule has 28 heavy (non-hydrogen) atoms. The molecule has 3 N–H and O–H groups in total. The van der Waals surface area contributed by atoms with E-state index >= 15 is 0 Å². The zero-order valence-electron chi connectivity index (χ0n) is 15.5. The largest absolute Gasteiger partial charge is 0.388 e. The topological polar surface area (TPSA) is 79.2 Å². The van der Waals surface area contributed by atoms with Gasteiger partial charge in [-0.1, -0.05) is 41.8 Å². The minimum Gasteiger partial charge on any atom is -0.388 e. The summed E-state index contributed by atoms with van der Waals surface area (Å²) in [6, 6.07) is 13.0. The first-order valence-corrected chi connectivity index (χ1v) is 9.35. The average molecular weight is 403 g/mol. The molecule has 148 valence electrons. The molecule has 1 heterocycles. The first-order valence-electron chi connectivity index (χ1n) is 8.97. The molecule has 0 spiro atoms. The van der Waals surface area contributed by atoms with Crippen molar-refractivity contribution in [1.82, 2.24) is 0 Å². The Morgan fingerprint density at radius 2 is 1.79 bits per heavy atom. The Morgan fingerprint density at radius 3 is 2.43 bits per heavy atom. The maximum absolute atomic E-state index is 10.4. The van der Waals surface area contributed by atoms with Crippen molar-refractivity contribution in [2.45, 2.75) is 36.9 Å². The highest BCUT2D eigenvalue weighted by atomic mass is 35.5. The molecular weight excluding hydrogens is 380 g/mol. The van der Waals surface area contributed by atoms with E-state index in [1.807, 2.05) is 30.3 Å².